The van der Waals surface area contributed by atoms with Gasteiger partial charge in [0.2, 0.25) is 0 Å². The van der Waals surface area contributed by atoms with Gasteiger partial charge in [-0.3, -0.25) is 9.36 Å². The summed E-state index contributed by atoms with van der Waals surface area (Å²) in [7, 11) is 3.53. The predicted octanol–water partition coefficient (Wildman–Crippen LogP) is 0.889. The van der Waals surface area contributed by atoms with Gasteiger partial charge in [-0.25, -0.2) is 0 Å². The molecular weight excluding hydrogens is 216 g/mol. The van der Waals surface area contributed by atoms with Gasteiger partial charge in [-0.1, -0.05) is 11.6 Å². The van der Waals surface area contributed by atoms with E-state index in [4.69, 9.17) is 11.6 Å². The summed E-state index contributed by atoms with van der Waals surface area (Å²) in [6, 6.07) is 0. The summed E-state index contributed by atoms with van der Waals surface area (Å²) in [6.07, 6.45) is 4.07. The van der Waals surface area contributed by atoms with Crippen molar-refractivity contribution < 1.29 is 5.11 Å². The molecule has 0 aromatic carbocycles. The minimum Gasteiger partial charge on any atom is -0.382 e. The van der Waals surface area contributed by atoms with Gasteiger partial charge >= 0.3 is 0 Å². The maximum atomic E-state index is 10.1. The zero-order valence-electron chi connectivity index (χ0n) is 8.42. The summed E-state index contributed by atoms with van der Waals surface area (Å²) < 4.78 is 3.18. The van der Waals surface area contributed by atoms with Crippen LogP contribution in [0.4, 0.5) is 0 Å². The van der Waals surface area contributed by atoms with E-state index in [0.717, 1.165) is 0 Å². The summed E-state index contributed by atoms with van der Waals surface area (Å²) in [4.78, 5) is 0. The minimum absolute atomic E-state index is 0.453. The summed E-state index contributed by atoms with van der Waals surface area (Å²) in [6.45, 7) is 0. The fourth-order valence-electron chi connectivity index (χ4n) is 1.47. The highest BCUT2D eigenvalue weighted by Crippen LogP contribution is 2.26. The van der Waals surface area contributed by atoms with Crippen LogP contribution in [0, 0.1) is 0 Å². The molecule has 0 aliphatic heterocycles. The van der Waals surface area contributed by atoms with Gasteiger partial charge in [-0.15, -0.1) is 0 Å². The van der Waals surface area contributed by atoms with Crippen molar-refractivity contribution >= 4 is 11.6 Å². The Morgan fingerprint density at radius 3 is 2.53 bits per heavy atom. The summed E-state index contributed by atoms with van der Waals surface area (Å²) in [5.74, 6) is 0. The maximum Gasteiger partial charge on any atom is 0.125 e. The molecule has 2 rings (SSSR count). The molecule has 0 saturated heterocycles. The number of nitrogens with zero attached hydrogens (tertiary/aromatic N) is 4. The SMILES string of the molecule is Cn1cc(C(O)c2c(Cl)cnn2C)cn1. The molecule has 0 aliphatic rings. The first-order chi connectivity index (χ1) is 7.09. The number of aromatic nitrogens is 4. The molecule has 0 amide bonds. The second-order valence-corrected chi connectivity index (χ2v) is 3.76. The van der Waals surface area contributed by atoms with Crippen LogP contribution in [0.2, 0.25) is 5.02 Å². The fourth-order valence-corrected chi connectivity index (χ4v) is 1.74. The quantitative estimate of drug-likeness (QED) is 0.828. The molecule has 2 aromatic heterocycles. The lowest BCUT2D eigenvalue weighted by Gasteiger charge is -2.09. The Bertz CT molecular complexity index is 457. The molecule has 0 radical (unpaired) electrons. The van der Waals surface area contributed by atoms with E-state index in [1.54, 1.807) is 35.9 Å². The molecule has 1 unspecified atom stereocenters. The lowest BCUT2D eigenvalue weighted by Crippen LogP contribution is -2.06. The minimum atomic E-state index is -0.793. The molecule has 6 heteroatoms. The van der Waals surface area contributed by atoms with Crippen molar-refractivity contribution in [3.63, 3.8) is 0 Å². The van der Waals surface area contributed by atoms with Gasteiger partial charge in [0.15, 0.2) is 0 Å². The van der Waals surface area contributed by atoms with Crippen LogP contribution in [0.5, 0.6) is 0 Å². The average Bonchev–Trinajstić information content (AvgIpc) is 2.73. The van der Waals surface area contributed by atoms with Crippen LogP contribution in [-0.2, 0) is 14.1 Å². The maximum absolute atomic E-state index is 10.1. The molecule has 15 heavy (non-hydrogen) atoms. The standard InChI is InChI=1S/C9H11ClN4O/c1-13-5-6(3-11-13)9(15)8-7(10)4-12-14(8)2/h3-5,9,15H,1-2H3. The Morgan fingerprint density at radius 1 is 1.33 bits per heavy atom. The van der Waals surface area contributed by atoms with E-state index in [-0.39, 0.29) is 0 Å². The van der Waals surface area contributed by atoms with Gasteiger partial charge in [0.25, 0.3) is 0 Å². The first-order valence-electron chi connectivity index (χ1n) is 4.43. The Hall–Kier alpha value is -1.33. The van der Waals surface area contributed by atoms with Crippen LogP contribution in [0.15, 0.2) is 18.6 Å². The molecule has 2 heterocycles. The molecule has 1 N–H and O–H groups in total. The van der Waals surface area contributed by atoms with E-state index in [2.05, 4.69) is 10.2 Å². The van der Waals surface area contributed by atoms with Crippen molar-refractivity contribution in [2.75, 3.05) is 0 Å². The second-order valence-electron chi connectivity index (χ2n) is 3.35. The lowest BCUT2D eigenvalue weighted by molar-refractivity contribution is 0.210. The Morgan fingerprint density at radius 2 is 2.07 bits per heavy atom. The lowest BCUT2D eigenvalue weighted by atomic mass is 10.1. The Kier molecular flexibility index (Phi) is 2.50. The van der Waals surface area contributed by atoms with Crippen LogP contribution < -0.4 is 0 Å². The number of hydrogen-bond acceptors (Lipinski definition) is 3. The smallest absolute Gasteiger partial charge is 0.125 e. The van der Waals surface area contributed by atoms with Crippen LogP contribution in [-0.4, -0.2) is 24.7 Å². The van der Waals surface area contributed by atoms with Crippen molar-refractivity contribution in [2.24, 2.45) is 14.1 Å². The van der Waals surface area contributed by atoms with Crippen LogP contribution in [0.1, 0.15) is 17.4 Å². The molecule has 80 valence electrons. The van der Waals surface area contributed by atoms with Crippen LogP contribution in [0.25, 0.3) is 0 Å². The second kappa shape index (κ2) is 3.67. The molecule has 1 atom stereocenters. The van der Waals surface area contributed by atoms with E-state index in [1.807, 2.05) is 0 Å². The number of aliphatic hydroxyl groups excluding tert-OH is 1. The number of halogens is 1. The van der Waals surface area contributed by atoms with Crippen molar-refractivity contribution in [3.8, 4) is 0 Å². The first-order valence-corrected chi connectivity index (χ1v) is 4.81. The van der Waals surface area contributed by atoms with Gasteiger partial charge in [-0.05, 0) is 0 Å². The van der Waals surface area contributed by atoms with Crippen molar-refractivity contribution in [1.82, 2.24) is 19.6 Å². The molecule has 5 nitrogen and oxygen atoms in total. The molecule has 2 aromatic rings. The van der Waals surface area contributed by atoms with Crippen LogP contribution in [0.3, 0.4) is 0 Å². The highest BCUT2D eigenvalue weighted by Gasteiger charge is 2.19. The zero-order valence-corrected chi connectivity index (χ0v) is 9.18. The fraction of sp³-hybridized carbons (Fsp3) is 0.333. The zero-order chi connectivity index (χ0) is 11.0. The largest absolute Gasteiger partial charge is 0.382 e. The third kappa shape index (κ3) is 1.75. The van der Waals surface area contributed by atoms with E-state index < -0.39 is 6.10 Å². The van der Waals surface area contributed by atoms with Crippen molar-refractivity contribution in [3.05, 3.63) is 34.9 Å². The molecule has 0 fully saturated rings. The average molecular weight is 227 g/mol. The summed E-state index contributed by atoms with van der Waals surface area (Å²) >= 11 is 5.93. The molecule has 0 bridgehead atoms. The number of aryl methyl sites for hydroxylation is 2. The predicted molar refractivity (Wildman–Crippen MR) is 55.5 cm³/mol. The van der Waals surface area contributed by atoms with Gasteiger partial charge in [0.1, 0.15) is 6.10 Å². The first kappa shape index (κ1) is 10.2. The summed E-state index contributed by atoms with van der Waals surface area (Å²) in [5, 5.41) is 18.5. The highest BCUT2D eigenvalue weighted by atomic mass is 35.5. The summed E-state index contributed by atoms with van der Waals surface area (Å²) in [5.41, 5.74) is 1.27. The van der Waals surface area contributed by atoms with E-state index >= 15 is 0 Å². The van der Waals surface area contributed by atoms with E-state index in [1.165, 1.54) is 6.20 Å². The number of rotatable bonds is 2. The van der Waals surface area contributed by atoms with Crippen LogP contribution >= 0.6 is 11.6 Å². The van der Waals surface area contributed by atoms with E-state index in [9.17, 15) is 5.11 Å². The van der Waals surface area contributed by atoms with E-state index in [0.29, 0.717) is 16.3 Å². The molecule has 0 aliphatic carbocycles. The topological polar surface area (TPSA) is 55.9 Å². The highest BCUT2D eigenvalue weighted by molar-refractivity contribution is 6.31. The number of aliphatic hydroxyl groups is 1. The van der Waals surface area contributed by atoms with Crippen molar-refractivity contribution in [1.29, 1.82) is 0 Å². The molecule has 0 saturated carbocycles. The van der Waals surface area contributed by atoms with Crippen molar-refractivity contribution in [2.45, 2.75) is 6.10 Å². The normalized spacial score (nSPS) is 13.1. The van der Waals surface area contributed by atoms with Gasteiger partial charge in [0.05, 0.1) is 23.1 Å². The van der Waals surface area contributed by atoms with Gasteiger partial charge in [0, 0.05) is 25.9 Å². The Balaban J connectivity index is 2.40. The Labute approximate surface area is 91.9 Å². The third-order valence-electron chi connectivity index (χ3n) is 2.24. The van der Waals surface area contributed by atoms with Gasteiger partial charge < -0.3 is 5.11 Å². The number of hydrogen-bond donors (Lipinski definition) is 1. The molecular formula is C9H11ClN4O. The van der Waals surface area contributed by atoms with Gasteiger partial charge in [-0.2, -0.15) is 10.2 Å². The monoisotopic (exact) mass is 226 g/mol. The molecule has 0 spiro atoms. The third-order valence-corrected chi connectivity index (χ3v) is 2.53.